The highest BCUT2D eigenvalue weighted by Crippen LogP contribution is 2.23. The van der Waals surface area contributed by atoms with E-state index in [1.165, 1.54) is 0 Å². The highest BCUT2D eigenvalue weighted by Gasteiger charge is 2.30. The third kappa shape index (κ3) is 3.53. The van der Waals surface area contributed by atoms with Gasteiger partial charge in [-0.15, -0.1) is 11.3 Å². The summed E-state index contributed by atoms with van der Waals surface area (Å²) in [4.78, 5) is 21.3. The molecule has 23 heavy (non-hydrogen) atoms. The Kier molecular flexibility index (Phi) is 4.63. The molecule has 0 spiro atoms. The number of carbonyl (C=O) groups is 1. The zero-order chi connectivity index (χ0) is 16.4. The van der Waals surface area contributed by atoms with Crippen LogP contribution in [0.25, 0.3) is 0 Å². The van der Waals surface area contributed by atoms with E-state index in [-0.39, 0.29) is 11.9 Å². The monoisotopic (exact) mass is 335 g/mol. The molecule has 0 radical (unpaired) electrons. The van der Waals surface area contributed by atoms with Crippen LogP contribution in [0.15, 0.2) is 22.2 Å². The third-order valence-electron chi connectivity index (χ3n) is 4.13. The van der Waals surface area contributed by atoms with Crippen molar-refractivity contribution in [2.75, 3.05) is 29.9 Å². The predicted octanol–water partition coefficient (Wildman–Crippen LogP) is 1.98. The first-order chi connectivity index (χ1) is 11.0. The van der Waals surface area contributed by atoms with Gasteiger partial charge in [-0.05, 0) is 20.8 Å². The van der Waals surface area contributed by atoms with Crippen molar-refractivity contribution in [2.24, 2.45) is 0 Å². The molecule has 0 bridgehead atoms. The number of anilines is 2. The Morgan fingerprint density at radius 3 is 2.96 bits per heavy atom. The normalized spacial score (nSPS) is 20.5. The fourth-order valence-corrected chi connectivity index (χ4v) is 3.57. The van der Waals surface area contributed by atoms with Crippen molar-refractivity contribution >= 4 is 28.2 Å². The fraction of sp³-hybridized carbons (Fsp3) is 0.533. The molecule has 0 saturated carbocycles. The number of carbonyl (C=O) groups excluding carboxylic acids is 1. The smallest absolute Gasteiger partial charge is 0.242 e. The summed E-state index contributed by atoms with van der Waals surface area (Å²) >= 11 is 1.65. The quantitative estimate of drug-likeness (QED) is 0.921. The number of nitrogens with zero attached hydrogens (tertiary/aromatic N) is 4. The Bertz CT molecular complexity index is 657. The van der Waals surface area contributed by atoms with Crippen molar-refractivity contribution in [1.82, 2.24) is 15.0 Å². The molecule has 2 aromatic rings. The van der Waals surface area contributed by atoms with E-state index >= 15 is 0 Å². The number of thiazole rings is 1. The summed E-state index contributed by atoms with van der Waals surface area (Å²) in [5.41, 5.74) is 0. The number of hydrogen-bond acceptors (Lipinski definition) is 7. The van der Waals surface area contributed by atoms with E-state index in [9.17, 15) is 4.79 Å². The SMILES string of the molecule is Cc1cc(NC(=O)C(C)N2CCN(c3nccs3)C(C)C2)no1. The highest BCUT2D eigenvalue weighted by molar-refractivity contribution is 7.13. The molecule has 1 aliphatic heterocycles. The second-order valence-electron chi connectivity index (χ2n) is 5.84. The number of nitrogens with one attached hydrogen (secondary N) is 1. The molecule has 1 amide bonds. The van der Waals surface area contributed by atoms with Crippen LogP contribution < -0.4 is 10.2 Å². The molecule has 124 valence electrons. The van der Waals surface area contributed by atoms with E-state index in [4.69, 9.17) is 4.52 Å². The number of piperazine rings is 1. The van der Waals surface area contributed by atoms with Crippen LogP contribution in [0, 0.1) is 6.92 Å². The summed E-state index contributed by atoms with van der Waals surface area (Å²) in [5.74, 6) is 1.08. The topological polar surface area (TPSA) is 74.5 Å². The van der Waals surface area contributed by atoms with Gasteiger partial charge in [0.1, 0.15) is 5.76 Å². The van der Waals surface area contributed by atoms with Gasteiger partial charge >= 0.3 is 0 Å². The molecule has 2 unspecified atom stereocenters. The van der Waals surface area contributed by atoms with Crippen LogP contribution in [0.1, 0.15) is 19.6 Å². The van der Waals surface area contributed by atoms with Gasteiger partial charge in [-0.1, -0.05) is 5.16 Å². The maximum atomic E-state index is 12.4. The maximum absolute atomic E-state index is 12.4. The zero-order valence-electron chi connectivity index (χ0n) is 13.5. The predicted molar refractivity (Wildman–Crippen MR) is 89.8 cm³/mol. The number of rotatable bonds is 4. The van der Waals surface area contributed by atoms with Gasteiger partial charge in [0.2, 0.25) is 5.91 Å². The van der Waals surface area contributed by atoms with Crippen molar-refractivity contribution in [3.63, 3.8) is 0 Å². The summed E-state index contributed by atoms with van der Waals surface area (Å²) < 4.78 is 4.97. The lowest BCUT2D eigenvalue weighted by Crippen LogP contribution is -2.56. The van der Waals surface area contributed by atoms with Crippen LogP contribution in [0.3, 0.4) is 0 Å². The van der Waals surface area contributed by atoms with Gasteiger partial charge in [0, 0.05) is 43.3 Å². The molecule has 1 fully saturated rings. The van der Waals surface area contributed by atoms with Gasteiger partial charge in [-0.2, -0.15) is 0 Å². The second-order valence-corrected chi connectivity index (χ2v) is 6.71. The molecule has 1 N–H and O–H groups in total. The van der Waals surface area contributed by atoms with E-state index < -0.39 is 0 Å². The Balaban J connectivity index is 1.58. The molecule has 2 aromatic heterocycles. The van der Waals surface area contributed by atoms with Crippen LogP contribution in [0.4, 0.5) is 10.9 Å². The molecule has 7 nitrogen and oxygen atoms in total. The molecule has 8 heteroatoms. The van der Waals surface area contributed by atoms with Crippen molar-refractivity contribution in [3.8, 4) is 0 Å². The van der Waals surface area contributed by atoms with Crippen molar-refractivity contribution in [1.29, 1.82) is 0 Å². The van der Waals surface area contributed by atoms with Crippen LogP contribution in [0.2, 0.25) is 0 Å². The average molecular weight is 335 g/mol. The fourth-order valence-electron chi connectivity index (χ4n) is 2.80. The standard InChI is InChI=1S/C15H21N5O2S/c1-10-9-19(5-6-20(10)15-16-4-7-23-15)12(3)14(21)17-13-8-11(2)22-18-13/h4,7-8,10,12H,5-6,9H2,1-3H3,(H,17,18,21). The lowest BCUT2D eigenvalue weighted by Gasteiger charge is -2.41. The molecule has 0 aliphatic carbocycles. The summed E-state index contributed by atoms with van der Waals surface area (Å²) in [6.45, 7) is 8.41. The van der Waals surface area contributed by atoms with E-state index in [0.29, 0.717) is 17.6 Å². The first-order valence-electron chi connectivity index (χ1n) is 7.69. The largest absolute Gasteiger partial charge is 0.360 e. The molecule has 3 heterocycles. The minimum atomic E-state index is -0.215. The van der Waals surface area contributed by atoms with E-state index in [1.54, 1.807) is 24.3 Å². The highest BCUT2D eigenvalue weighted by atomic mass is 32.1. The van der Waals surface area contributed by atoms with E-state index in [2.05, 4.69) is 32.2 Å². The van der Waals surface area contributed by atoms with Crippen molar-refractivity contribution in [2.45, 2.75) is 32.9 Å². The molecular weight excluding hydrogens is 314 g/mol. The van der Waals surface area contributed by atoms with Crippen LogP contribution in [0.5, 0.6) is 0 Å². The van der Waals surface area contributed by atoms with E-state index in [1.807, 2.05) is 18.5 Å². The number of aryl methyl sites for hydroxylation is 1. The minimum Gasteiger partial charge on any atom is -0.360 e. The molecule has 2 atom stereocenters. The third-order valence-corrected chi connectivity index (χ3v) is 4.94. The molecule has 0 aromatic carbocycles. The van der Waals surface area contributed by atoms with Gasteiger partial charge in [0.05, 0.1) is 6.04 Å². The molecule has 3 rings (SSSR count). The summed E-state index contributed by atoms with van der Waals surface area (Å²) in [6.07, 6.45) is 1.83. The Morgan fingerprint density at radius 2 is 2.35 bits per heavy atom. The van der Waals surface area contributed by atoms with Gasteiger partial charge in [0.15, 0.2) is 10.9 Å². The van der Waals surface area contributed by atoms with Gasteiger partial charge in [-0.25, -0.2) is 4.98 Å². The average Bonchev–Trinajstić information content (AvgIpc) is 3.18. The Hall–Kier alpha value is -1.93. The summed E-state index contributed by atoms with van der Waals surface area (Å²) in [7, 11) is 0. The Morgan fingerprint density at radius 1 is 1.52 bits per heavy atom. The van der Waals surface area contributed by atoms with Crippen LogP contribution in [-0.2, 0) is 4.79 Å². The van der Waals surface area contributed by atoms with Gasteiger partial charge in [-0.3, -0.25) is 9.69 Å². The van der Waals surface area contributed by atoms with Crippen molar-refractivity contribution < 1.29 is 9.32 Å². The van der Waals surface area contributed by atoms with Gasteiger partial charge in [0.25, 0.3) is 0 Å². The Labute approximate surface area is 139 Å². The lowest BCUT2D eigenvalue weighted by molar-refractivity contribution is -0.121. The number of amides is 1. The molecule has 1 saturated heterocycles. The van der Waals surface area contributed by atoms with Crippen LogP contribution >= 0.6 is 11.3 Å². The summed E-state index contributed by atoms with van der Waals surface area (Å²) in [5, 5.41) is 9.65. The second kappa shape index (κ2) is 6.67. The zero-order valence-corrected chi connectivity index (χ0v) is 14.3. The van der Waals surface area contributed by atoms with E-state index in [0.717, 1.165) is 24.8 Å². The van der Waals surface area contributed by atoms with Crippen LogP contribution in [-0.4, -0.2) is 52.7 Å². The summed E-state index contributed by atoms with van der Waals surface area (Å²) in [6, 6.07) is 1.82. The number of hydrogen-bond donors (Lipinski definition) is 1. The number of aromatic nitrogens is 2. The lowest BCUT2D eigenvalue weighted by atomic mass is 10.1. The molecule has 1 aliphatic rings. The maximum Gasteiger partial charge on any atom is 0.242 e. The van der Waals surface area contributed by atoms with Gasteiger partial charge < -0.3 is 14.7 Å². The van der Waals surface area contributed by atoms with Crippen molar-refractivity contribution in [3.05, 3.63) is 23.4 Å². The minimum absolute atomic E-state index is 0.0619. The first kappa shape index (κ1) is 15.9. The molecular formula is C15H21N5O2S. The first-order valence-corrected chi connectivity index (χ1v) is 8.57.